The number of rotatable bonds is 7. The van der Waals surface area contributed by atoms with Gasteiger partial charge in [-0.2, -0.15) is 0 Å². The van der Waals surface area contributed by atoms with Gasteiger partial charge >= 0.3 is 0 Å². The van der Waals surface area contributed by atoms with E-state index >= 15 is 0 Å². The van der Waals surface area contributed by atoms with Crippen molar-refractivity contribution in [3.05, 3.63) is 72.2 Å². The summed E-state index contributed by atoms with van der Waals surface area (Å²) in [7, 11) is 0. The van der Waals surface area contributed by atoms with Gasteiger partial charge in [-0.3, -0.25) is 9.59 Å². The van der Waals surface area contributed by atoms with Crippen LogP contribution in [0.1, 0.15) is 41.6 Å². The zero-order valence-electron chi connectivity index (χ0n) is 16.5. The number of amides is 1. The zero-order valence-corrected chi connectivity index (χ0v) is 16.5. The van der Waals surface area contributed by atoms with Crippen LogP contribution in [-0.2, 0) is 0 Å². The van der Waals surface area contributed by atoms with Gasteiger partial charge in [0.25, 0.3) is 5.91 Å². The molecule has 29 heavy (non-hydrogen) atoms. The van der Waals surface area contributed by atoms with Crippen LogP contribution < -0.4 is 15.4 Å². The minimum Gasteiger partial charge on any atom is -0.491 e. The minimum atomic E-state index is -0.403. The molecule has 0 aliphatic carbocycles. The van der Waals surface area contributed by atoms with E-state index in [0.29, 0.717) is 17.1 Å². The first kappa shape index (κ1) is 20.0. The Kier molecular flexibility index (Phi) is 6.19. The summed E-state index contributed by atoms with van der Waals surface area (Å²) >= 11 is 0. The Labute approximate surface area is 169 Å². The molecular formula is C22H22N4O3. The molecule has 3 aromatic rings. The average Bonchev–Trinajstić information content (AvgIpc) is 2.70. The SMILES string of the molecule is CC(=O)c1cccc(NC(=O)c2cnc(Nc3ccc(OC(C)C)cc3)cn2)c1. The second kappa shape index (κ2) is 8.97. The van der Waals surface area contributed by atoms with Crippen molar-refractivity contribution >= 4 is 28.9 Å². The van der Waals surface area contributed by atoms with E-state index in [1.807, 2.05) is 38.1 Å². The number of anilines is 3. The first-order valence-corrected chi connectivity index (χ1v) is 9.19. The van der Waals surface area contributed by atoms with Gasteiger partial charge in [0.15, 0.2) is 5.78 Å². The predicted molar refractivity (Wildman–Crippen MR) is 112 cm³/mol. The van der Waals surface area contributed by atoms with Gasteiger partial charge in [-0.1, -0.05) is 12.1 Å². The fourth-order valence-electron chi connectivity index (χ4n) is 2.56. The fourth-order valence-corrected chi connectivity index (χ4v) is 2.56. The molecule has 0 aliphatic rings. The third-order valence-electron chi connectivity index (χ3n) is 3.91. The molecule has 0 spiro atoms. The molecule has 0 saturated heterocycles. The van der Waals surface area contributed by atoms with E-state index in [-0.39, 0.29) is 17.6 Å². The molecule has 0 fully saturated rings. The molecule has 1 aromatic heterocycles. The van der Waals surface area contributed by atoms with Gasteiger partial charge in [0.2, 0.25) is 0 Å². The number of benzene rings is 2. The zero-order chi connectivity index (χ0) is 20.8. The van der Waals surface area contributed by atoms with Crippen molar-refractivity contribution in [2.75, 3.05) is 10.6 Å². The lowest BCUT2D eigenvalue weighted by Gasteiger charge is -2.11. The van der Waals surface area contributed by atoms with Crippen molar-refractivity contribution in [2.45, 2.75) is 26.9 Å². The Balaban J connectivity index is 1.63. The summed E-state index contributed by atoms with van der Waals surface area (Å²) in [6, 6.07) is 14.2. The summed E-state index contributed by atoms with van der Waals surface area (Å²) < 4.78 is 5.61. The topological polar surface area (TPSA) is 93.2 Å². The van der Waals surface area contributed by atoms with Crippen LogP contribution in [0.3, 0.4) is 0 Å². The molecular weight excluding hydrogens is 368 g/mol. The smallest absolute Gasteiger partial charge is 0.275 e. The molecule has 3 rings (SSSR count). The van der Waals surface area contributed by atoms with Gasteiger partial charge in [-0.25, -0.2) is 9.97 Å². The third-order valence-corrected chi connectivity index (χ3v) is 3.91. The normalized spacial score (nSPS) is 10.5. The summed E-state index contributed by atoms with van der Waals surface area (Å²) in [5, 5.41) is 5.84. The number of Topliss-reactive ketones (excluding diaryl/α,β-unsaturated/α-hetero) is 1. The highest BCUT2D eigenvalue weighted by atomic mass is 16.5. The largest absolute Gasteiger partial charge is 0.491 e. The first-order valence-electron chi connectivity index (χ1n) is 9.19. The Morgan fingerprint density at radius 1 is 0.966 bits per heavy atom. The van der Waals surface area contributed by atoms with Gasteiger partial charge < -0.3 is 15.4 Å². The third kappa shape index (κ3) is 5.62. The molecule has 2 aromatic carbocycles. The maximum atomic E-state index is 12.4. The molecule has 2 N–H and O–H groups in total. The van der Waals surface area contributed by atoms with Crippen LogP contribution in [-0.4, -0.2) is 27.8 Å². The predicted octanol–water partition coefficient (Wildman–Crippen LogP) is 4.46. The summed E-state index contributed by atoms with van der Waals surface area (Å²) in [4.78, 5) is 32.2. The lowest BCUT2D eigenvalue weighted by Crippen LogP contribution is -2.14. The summed E-state index contributed by atoms with van der Waals surface area (Å²) in [6.07, 6.45) is 2.99. The fraction of sp³-hybridized carbons (Fsp3) is 0.182. The highest BCUT2D eigenvalue weighted by Gasteiger charge is 2.10. The molecule has 7 nitrogen and oxygen atoms in total. The average molecular weight is 390 g/mol. The highest BCUT2D eigenvalue weighted by molar-refractivity contribution is 6.03. The second-order valence-electron chi connectivity index (χ2n) is 6.69. The minimum absolute atomic E-state index is 0.0693. The lowest BCUT2D eigenvalue weighted by atomic mass is 10.1. The Morgan fingerprint density at radius 3 is 2.34 bits per heavy atom. The van der Waals surface area contributed by atoms with Crippen molar-refractivity contribution in [3.8, 4) is 5.75 Å². The van der Waals surface area contributed by atoms with Gasteiger partial charge in [0.1, 0.15) is 17.3 Å². The molecule has 0 radical (unpaired) electrons. The van der Waals surface area contributed by atoms with Crippen LogP contribution in [0, 0.1) is 0 Å². The summed E-state index contributed by atoms with van der Waals surface area (Å²) in [5.41, 5.74) is 2.05. The number of ketones is 1. The van der Waals surface area contributed by atoms with E-state index in [0.717, 1.165) is 11.4 Å². The van der Waals surface area contributed by atoms with Crippen molar-refractivity contribution in [1.82, 2.24) is 9.97 Å². The Bertz CT molecular complexity index is 999. The lowest BCUT2D eigenvalue weighted by molar-refractivity contribution is 0.100. The van der Waals surface area contributed by atoms with E-state index in [1.165, 1.54) is 19.3 Å². The first-order chi connectivity index (χ1) is 13.9. The van der Waals surface area contributed by atoms with E-state index in [2.05, 4.69) is 20.6 Å². The Hall–Kier alpha value is -3.74. The van der Waals surface area contributed by atoms with E-state index < -0.39 is 5.91 Å². The van der Waals surface area contributed by atoms with Crippen LogP contribution in [0.4, 0.5) is 17.2 Å². The quantitative estimate of drug-likeness (QED) is 0.579. The molecule has 0 unspecified atom stereocenters. The van der Waals surface area contributed by atoms with E-state index in [4.69, 9.17) is 4.74 Å². The molecule has 0 saturated carbocycles. The maximum Gasteiger partial charge on any atom is 0.275 e. The van der Waals surface area contributed by atoms with Crippen molar-refractivity contribution < 1.29 is 14.3 Å². The molecule has 0 bridgehead atoms. The molecule has 0 aliphatic heterocycles. The summed E-state index contributed by atoms with van der Waals surface area (Å²) in [6.45, 7) is 5.42. The summed E-state index contributed by atoms with van der Waals surface area (Å²) in [5.74, 6) is 0.829. The molecule has 0 atom stereocenters. The van der Waals surface area contributed by atoms with Crippen LogP contribution in [0.25, 0.3) is 0 Å². The van der Waals surface area contributed by atoms with E-state index in [1.54, 1.807) is 24.3 Å². The van der Waals surface area contributed by atoms with Crippen molar-refractivity contribution in [2.24, 2.45) is 0 Å². The van der Waals surface area contributed by atoms with Crippen LogP contribution in [0.2, 0.25) is 0 Å². The number of ether oxygens (including phenoxy) is 1. The Morgan fingerprint density at radius 2 is 1.72 bits per heavy atom. The van der Waals surface area contributed by atoms with Gasteiger partial charge in [0, 0.05) is 16.9 Å². The number of hydrogen-bond acceptors (Lipinski definition) is 6. The molecule has 148 valence electrons. The highest BCUT2D eigenvalue weighted by Crippen LogP contribution is 2.19. The maximum absolute atomic E-state index is 12.4. The van der Waals surface area contributed by atoms with Crippen LogP contribution in [0.15, 0.2) is 60.9 Å². The monoisotopic (exact) mass is 390 g/mol. The van der Waals surface area contributed by atoms with Gasteiger partial charge in [0.05, 0.1) is 18.5 Å². The number of carbonyl (C=O) groups is 2. The van der Waals surface area contributed by atoms with Crippen molar-refractivity contribution in [1.29, 1.82) is 0 Å². The van der Waals surface area contributed by atoms with Gasteiger partial charge in [-0.15, -0.1) is 0 Å². The van der Waals surface area contributed by atoms with E-state index in [9.17, 15) is 9.59 Å². The van der Waals surface area contributed by atoms with Crippen LogP contribution in [0.5, 0.6) is 5.75 Å². The second-order valence-corrected chi connectivity index (χ2v) is 6.69. The molecule has 1 amide bonds. The van der Waals surface area contributed by atoms with Gasteiger partial charge in [-0.05, 0) is 57.2 Å². The van der Waals surface area contributed by atoms with Crippen molar-refractivity contribution in [3.63, 3.8) is 0 Å². The molecule has 7 heteroatoms. The molecule has 1 heterocycles. The number of nitrogens with one attached hydrogen (secondary N) is 2. The standard InChI is InChI=1S/C22H22N4O3/c1-14(2)29-19-9-7-17(8-10-19)25-21-13-23-20(12-24-21)22(28)26-18-6-4-5-16(11-18)15(3)27/h4-14H,1-3H3,(H,24,25)(H,26,28). The number of hydrogen-bond donors (Lipinski definition) is 2. The van der Waals surface area contributed by atoms with Crippen LogP contribution >= 0.6 is 0 Å². The number of nitrogens with zero attached hydrogens (tertiary/aromatic N) is 2. The number of aromatic nitrogens is 2. The number of carbonyl (C=O) groups excluding carboxylic acids is 2.